The Morgan fingerprint density at radius 2 is 1.59 bits per heavy atom. The molecular formula is C16H26NO3S2. The van der Waals surface area contributed by atoms with Gasteiger partial charge in [0.25, 0.3) is 0 Å². The van der Waals surface area contributed by atoms with Gasteiger partial charge in [-0.1, -0.05) is 44.6 Å². The minimum atomic E-state index is -3.07. The monoisotopic (exact) mass is 344 g/mol. The van der Waals surface area contributed by atoms with E-state index in [2.05, 4.69) is 6.08 Å². The van der Waals surface area contributed by atoms with Crippen molar-refractivity contribution in [2.45, 2.75) is 75.3 Å². The van der Waals surface area contributed by atoms with Gasteiger partial charge in [-0.25, -0.2) is 8.42 Å². The molecule has 125 valence electrons. The Bertz CT molecular complexity index is 544. The third-order valence-corrected chi connectivity index (χ3v) is 8.16. The normalized spacial score (nSPS) is 28.2. The molecule has 2 fully saturated rings. The minimum absolute atomic E-state index is 0.344. The lowest BCUT2D eigenvalue weighted by Gasteiger charge is -2.46. The van der Waals surface area contributed by atoms with Gasteiger partial charge in [-0.2, -0.15) is 0 Å². The van der Waals surface area contributed by atoms with Crippen LogP contribution in [0.1, 0.15) is 64.2 Å². The van der Waals surface area contributed by atoms with E-state index in [1.807, 2.05) is 0 Å². The van der Waals surface area contributed by atoms with Gasteiger partial charge in [-0.05, 0) is 42.1 Å². The summed E-state index contributed by atoms with van der Waals surface area (Å²) in [5.41, 5.74) is 0.343. The Morgan fingerprint density at radius 3 is 2.14 bits per heavy atom. The van der Waals surface area contributed by atoms with Crippen LogP contribution in [0.2, 0.25) is 0 Å². The summed E-state index contributed by atoms with van der Waals surface area (Å²) >= 11 is 0. The van der Waals surface area contributed by atoms with Crippen LogP contribution in [0.4, 0.5) is 0 Å². The molecule has 1 aliphatic heterocycles. The van der Waals surface area contributed by atoms with Gasteiger partial charge in [0.15, 0.2) is 8.87 Å². The molecule has 0 aromatic carbocycles. The highest BCUT2D eigenvalue weighted by Gasteiger charge is 2.56. The zero-order valence-corrected chi connectivity index (χ0v) is 15.0. The number of nitrogens with zero attached hydrogens (tertiary/aromatic N) is 1. The van der Waals surface area contributed by atoms with E-state index in [-0.39, 0.29) is 5.54 Å². The average Bonchev–Trinajstić information content (AvgIpc) is 2.70. The summed E-state index contributed by atoms with van der Waals surface area (Å²) in [6.45, 7) is 0. The Morgan fingerprint density at radius 1 is 1.05 bits per heavy atom. The molecular weight excluding hydrogens is 318 g/mol. The van der Waals surface area contributed by atoms with Gasteiger partial charge in [0.2, 0.25) is 0 Å². The largest absolute Gasteiger partial charge is 0.218 e. The first kappa shape index (κ1) is 16.8. The zero-order valence-electron chi connectivity index (χ0n) is 13.3. The SMILES string of the molecule is CS(=O)(=O)SCC1=CC2(CCCCC2)N([O])C12CCCCC2. The molecule has 6 heteroatoms. The van der Waals surface area contributed by atoms with Gasteiger partial charge in [-0.3, -0.25) is 0 Å². The molecule has 2 spiro atoms. The Hall–Kier alpha value is -0.0400. The van der Waals surface area contributed by atoms with Crippen molar-refractivity contribution in [1.82, 2.24) is 5.06 Å². The zero-order chi connectivity index (χ0) is 15.8. The molecule has 0 saturated heterocycles. The second-order valence-corrected chi connectivity index (χ2v) is 11.6. The molecule has 1 radical (unpaired) electrons. The van der Waals surface area contributed by atoms with Crippen LogP contribution in [0.15, 0.2) is 11.6 Å². The van der Waals surface area contributed by atoms with E-state index in [0.29, 0.717) is 5.75 Å². The number of hydroxylamine groups is 2. The van der Waals surface area contributed by atoms with Crippen LogP contribution < -0.4 is 0 Å². The number of hydrogen-bond donors (Lipinski definition) is 0. The highest BCUT2D eigenvalue weighted by atomic mass is 33.1. The number of hydrogen-bond acceptors (Lipinski definition) is 4. The third-order valence-electron chi connectivity index (χ3n) is 5.66. The molecule has 0 bridgehead atoms. The second-order valence-electron chi connectivity index (χ2n) is 7.19. The summed E-state index contributed by atoms with van der Waals surface area (Å²) in [7, 11) is -2.09. The van der Waals surface area contributed by atoms with Gasteiger partial charge in [0.1, 0.15) is 0 Å². The Labute approximate surface area is 137 Å². The molecule has 0 aromatic rings. The lowest BCUT2D eigenvalue weighted by Crippen LogP contribution is -2.55. The lowest BCUT2D eigenvalue weighted by molar-refractivity contribution is -0.267. The first-order valence-corrected chi connectivity index (χ1v) is 11.8. The van der Waals surface area contributed by atoms with Gasteiger partial charge >= 0.3 is 0 Å². The topological polar surface area (TPSA) is 57.3 Å². The third kappa shape index (κ3) is 2.99. The molecule has 3 aliphatic rings. The van der Waals surface area contributed by atoms with Gasteiger partial charge in [0, 0.05) is 12.0 Å². The van der Waals surface area contributed by atoms with Crippen molar-refractivity contribution in [2.75, 3.05) is 12.0 Å². The molecule has 2 saturated carbocycles. The van der Waals surface area contributed by atoms with Crippen molar-refractivity contribution in [3.63, 3.8) is 0 Å². The maximum Gasteiger partial charge on any atom is 0.199 e. The van der Waals surface area contributed by atoms with Gasteiger partial charge < -0.3 is 0 Å². The maximum absolute atomic E-state index is 13.3. The molecule has 22 heavy (non-hydrogen) atoms. The van der Waals surface area contributed by atoms with E-state index < -0.39 is 14.4 Å². The summed E-state index contributed by atoms with van der Waals surface area (Å²) in [5.74, 6) is 0.458. The Balaban J connectivity index is 1.91. The fraction of sp³-hybridized carbons (Fsp3) is 0.875. The van der Waals surface area contributed by atoms with E-state index in [4.69, 9.17) is 0 Å². The van der Waals surface area contributed by atoms with E-state index in [9.17, 15) is 13.6 Å². The molecule has 0 amide bonds. The summed E-state index contributed by atoms with van der Waals surface area (Å²) in [6.07, 6.45) is 13.9. The molecule has 0 aromatic heterocycles. The predicted molar refractivity (Wildman–Crippen MR) is 89.5 cm³/mol. The number of rotatable bonds is 3. The standard InChI is InChI=1S/C16H26NO3S2/c1-22(19,20)21-13-14-12-15(8-4-2-5-9-15)17(18)16(14)10-6-3-7-11-16/h12H,2-11,13H2,1H3. The quantitative estimate of drug-likeness (QED) is 0.579. The molecule has 4 nitrogen and oxygen atoms in total. The van der Waals surface area contributed by atoms with Crippen molar-refractivity contribution >= 4 is 19.7 Å². The molecule has 3 rings (SSSR count). The van der Waals surface area contributed by atoms with E-state index >= 15 is 0 Å². The lowest BCUT2D eigenvalue weighted by atomic mass is 9.77. The predicted octanol–water partition coefficient (Wildman–Crippen LogP) is 3.67. The molecule has 2 aliphatic carbocycles. The van der Waals surface area contributed by atoms with Gasteiger partial charge in [0.05, 0.1) is 11.1 Å². The van der Waals surface area contributed by atoms with Crippen LogP contribution in [0.3, 0.4) is 0 Å². The first-order valence-electron chi connectivity index (χ1n) is 8.42. The van der Waals surface area contributed by atoms with Crippen LogP contribution in [0.5, 0.6) is 0 Å². The van der Waals surface area contributed by atoms with E-state index in [1.165, 1.54) is 24.2 Å². The molecule has 0 atom stereocenters. The fourth-order valence-electron chi connectivity index (χ4n) is 4.59. The summed E-state index contributed by atoms with van der Waals surface area (Å²) in [5, 5.41) is 14.7. The van der Waals surface area contributed by atoms with Crippen LogP contribution in [0.25, 0.3) is 0 Å². The molecule has 0 N–H and O–H groups in total. The van der Waals surface area contributed by atoms with Crippen molar-refractivity contribution in [3.8, 4) is 0 Å². The van der Waals surface area contributed by atoms with E-state index in [0.717, 1.165) is 67.7 Å². The van der Waals surface area contributed by atoms with E-state index in [1.54, 1.807) is 0 Å². The second kappa shape index (κ2) is 6.11. The van der Waals surface area contributed by atoms with Crippen molar-refractivity contribution in [2.24, 2.45) is 0 Å². The van der Waals surface area contributed by atoms with Crippen molar-refractivity contribution < 1.29 is 13.6 Å². The van der Waals surface area contributed by atoms with Crippen molar-refractivity contribution in [3.05, 3.63) is 11.6 Å². The van der Waals surface area contributed by atoms with Crippen LogP contribution in [-0.2, 0) is 14.1 Å². The van der Waals surface area contributed by atoms with Crippen LogP contribution >= 0.6 is 10.8 Å². The van der Waals surface area contributed by atoms with Crippen molar-refractivity contribution in [1.29, 1.82) is 0 Å². The summed E-state index contributed by atoms with van der Waals surface area (Å²) < 4.78 is 23.1. The summed E-state index contributed by atoms with van der Waals surface area (Å²) in [6, 6.07) is 0. The Kier molecular flexibility index (Phi) is 4.67. The highest BCUT2D eigenvalue weighted by molar-refractivity contribution is 8.71. The van der Waals surface area contributed by atoms with Crippen LogP contribution in [0, 0.1) is 0 Å². The average molecular weight is 345 g/mol. The fourth-order valence-corrected chi connectivity index (χ4v) is 6.31. The smallest absolute Gasteiger partial charge is 0.199 e. The highest BCUT2D eigenvalue weighted by Crippen LogP contribution is 2.53. The van der Waals surface area contributed by atoms with Gasteiger partial charge in [-0.15, -0.1) is 10.3 Å². The molecule has 0 unspecified atom stereocenters. The first-order chi connectivity index (χ1) is 10.4. The van der Waals surface area contributed by atoms with Crippen LogP contribution in [-0.4, -0.2) is 36.6 Å². The summed E-state index contributed by atoms with van der Waals surface area (Å²) in [4.78, 5) is 0. The maximum atomic E-state index is 13.3. The minimum Gasteiger partial charge on any atom is -0.218 e. The molecule has 1 heterocycles.